The van der Waals surface area contributed by atoms with Gasteiger partial charge in [-0.3, -0.25) is 4.79 Å². The zero-order chi connectivity index (χ0) is 11.7. The van der Waals surface area contributed by atoms with Crippen LogP contribution in [0.4, 0.5) is 0 Å². The van der Waals surface area contributed by atoms with Crippen LogP contribution in [0.2, 0.25) is 0 Å². The molecule has 0 saturated carbocycles. The zero-order valence-electron chi connectivity index (χ0n) is 9.43. The van der Waals surface area contributed by atoms with E-state index in [0.29, 0.717) is 13.0 Å². The molecule has 16 heavy (non-hydrogen) atoms. The largest absolute Gasteiger partial charge is 0.332 e. The van der Waals surface area contributed by atoms with E-state index in [1.807, 2.05) is 24.1 Å². The molecule has 0 N–H and O–H groups in total. The van der Waals surface area contributed by atoms with Crippen molar-refractivity contribution in [1.82, 2.24) is 9.88 Å². The Morgan fingerprint density at radius 1 is 1.75 bits per heavy atom. The minimum absolute atomic E-state index is 0.0459. The number of hydrogen-bond donors (Lipinski definition) is 0. The summed E-state index contributed by atoms with van der Waals surface area (Å²) in [4.78, 5) is 18.0. The Labute approximate surface area is 99.5 Å². The summed E-state index contributed by atoms with van der Waals surface area (Å²) in [5.41, 5.74) is 1.01. The number of carbonyl (C=O) groups excluding carboxylic acids is 1. The molecule has 2 heterocycles. The zero-order valence-corrected chi connectivity index (χ0v) is 10.3. The van der Waals surface area contributed by atoms with Gasteiger partial charge >= 0.3 is 0 Å². The maximum atomic E-state index is 11.8. The van der Waals surface area contributed by atoms with E-state index in [9.17, 15) is 4.79 Å². The first-order chi connectivity index (χ1) is 7.61. The van der Waals surface area contributed by atoms with Crippen molar-refractivity contribution in [3.8, 4) is 12.3 Å². The highest BCUT2D eigenvalue weighted by atomic mass is 32.1. The number of nitrogens with zero attached hydrogens (tertiary/aromatic N) is 2. The molecule has 1 amide bonds. The van der Waals surface area contributed by atoms with Gasteiger partial charge in [0.1, 0.15) is 5.01 Å². The Morgan fingerprint density at radius 3 is 3.00 bits per heavy atom. The number of thiazole rings is 1. The van der Waals surface area contributed by atoms with E-state index < -0.39 is 0 Å². The van der Waals surface area contributed by atoms with Crippen LogP contribution in [0.15, 0.2) is 5.38 Å². The SMILES string of the molecule is C#CC1CC(=O)N(C(C)c2nc(C)cs2)C1. The molecule has 0 aliphatic carbocycles. The average Bonchev–Trinajstić information content (AvgIpc) is 2.83. The molecule has 3 nitrogen and oxygen atoms in total. The summed E-state index contributed by atoms with van der Waals surface area (Å²) in [5.74, 6) is 2.86. The average molecular weight is 234 g/mol. The van der Waals surface area contributed by atoms with Crippen LogP contribution >= 0.6 is 11.3 Å². The van der Waals surface area contributed by atoms with Gasteiger partial charge in [0, 0.05) is 30.0 Å². The second-order valence-corrected chi connectivity index (χ2v) is 5.01. The summed E-state index contributed by atoms with van der Waals surface area (Å²) in [6.45, 7) is 4.63. The third-order valence-corrected chi connectivity index (χ3v) is 3.99. The minimum Gasteiger partial charge on any atom is -0.332 e. The molecular weight excluding hydrogens is 220 g/mol. The molecule has 2 unspecified atom stereocenters. The van der Waals surface area contributed by atoms with E-state index in [-0.39, 0.29) is 17.9 Å². The number of rotatable bonds is 2. The molecule has 0 aromatic carbocycles. The second kappa shape index (κ2) is 4.26. The third-order valence-electron chi connectivity index (χ3n) is 2.86. The number of aryl methyl sites for hydroxylation is 1. The third kappa shape index (κ3) is 1.96. The van der Waals surface area contributed by atoms with Gasteiger partial charge in [-0.2, -0.15) is 0 Å². The molecule has 1 saturated heterocycles. The van der Waals surface area contributed by atoms with Crippen molar-refractivity contribution < 1.29 is 4.79 Å². The van der Waals surface area contributed by atoms with Gasteiger partial charge in [0.2, 0.25) is 5.91 Å². The van der Waals surface area contributed by atoms with Crippen molar-refractivity contribution in [1.29, 1.82) is 0 Å². The van der Waals surface area contributed by atoms with Crippen molar-refractivity contribution in [3.63, 3.8) is 0 Å². The molecule has 1 aliphatic heterocycles. The van der Waals surface area contributed by atoms with Gasteiger partial charge in [-0.1, -0.05) is 0 Å². The molecule has 1 fully saturated rings. The van der Waals surface area contributed by atoms with Gasteiger partial charge in [0.25, 0.3) is 0 Å². The van der Waals surface area contributed by atoms with Crippen molar-refractivity contribution in [2.45, 2.75) is 26.3 Å². The monoisotopic (exact) mass is 234 g/mol. The lowest BCUT2D eigenvalue weighted by Crippen LogP contribution is -2.28. The fourth-order valence-corrected chi connectivity index (χ4v) is 2.78. The van der Waals surface area contributed by atoms with E-state index in [0.717, 1.165) is 10.7 Å². The fraction of sp³-hybridized carbons (Fsp3) is 0.500. The quantitative estimate of drug-likeness (QED) is 0.733. The van der Waals surface area contributed by atoms with Crippen LogP contribution in [0.25, 0.3) is 0 Å². The predicted octanol–water partition coefficient (Wildman–Crippen LogP) is 1.99. The topological polar surface area (TPSA) is 33.2 Å². The van der Waals surface area contributed by atoms with Crippen molar-refractivity contribution in [3.05, 3.63) is 16.1 Å². The van der Waals surface area contributed by atoms with E-state index in [1.54, 1.807) is 11.3 Å². The van der Waals surface area contributed by atoms with Gasteiger partial charge in [-0.05, 0) is 13.8 Å². The first-order valence-electron chi connectivity index (χ1n) is 5.29. The van der Waals surface area contributed by atoms with Crippen LogP contribution in [-0.4, -0.2) is 22.3 Å². The van der Waals surface area contributed by atoms with E-state index in [4.69, 9.17) is 6.42 Å². The molecule has 1 aliphatic rings. The number of hydrogen-bond acceptors (Lipinski definition) is 3. The number of likely N-dealkylation sites (tertiary alicyclic amines) is 1. The van der Waals surface area contributed by atoms with Crippen LogP contribution in [-0.2, 0) is 4.79 Å². The number of terminal acetylenes is 1. The van der Waals surface area contributed by atoms with Crippen LogP contribution in [0.5, 0.6) is 0 Å². The highest BCUT2D eigenvalue weighted by Crippen LogP contribution is 2.29. The molecular formula is C12H14N2OS. The lowest BCUT2D eigenvalue weighted by Gasteiger charge is -2.22. The number of carbonyl (C=O) groups is 1. The molecule has 4 heteroatoms. The van der Waals surface area contributed by atoms with Crippen LogP contribution in [0, 0.1) is 25.2 Å². The highest BCUT2D eigenvalue weighted by molar-refractivity contribution is 7.09. The highest BCUT2D eigenvalue weighted by Gasteiger charge is 2.33. The Hall–Kier alpha value is -1.34. The molecule has 0 spiro atoms. The Morgan fingerprint density at radius 2 is 2.50 bits per heavy atom. The first kappa shape index (κ1) is 11.2. The summed E-state index contributed by atoms with van der Waals surface area (Å²) in [7, 11) is 0. The Balaban J connectivity index is 2.14. The molecule has 0 bridgehead atoms. The fourth-order valence-electron chi connectivity index (χ4n) is 1.91. The second-order valence-electron chi connectivity index (χ2n) is 4.12. The number of amides is 1. The van der Waals surface area contributed by atoms with E-state index >= 15 is 0 Å². The van der Waals surface area contributed by atoms with Crippen LogP contribution in [0.1, 0.15) is 30.1 Å². The molecule has 2 rings (SSSR count). The van der Waals surface area contributed by atoms with Crippen molar-refractivity contribution >= 4 is 17.2 Å². The Bertz CT molecular complexity index is 446. The van der Waals surface area contributed by atoms with Crippen molar-refractivity contribution in [2.24, 2.45) is 5.92 Å². The van der Waals surface area contributed by atoms with Crippen LogP contribution in [0.3, 0.4) is 0 Å². The first-order valence-corrected chi connectivity index (χ1v) is 6.17. The van der Waals surface area contributed by atoms with E-state index in [1.165, 1.54) is 0 Å². The predicted molar refractivity (Wildman–Crippen MR) is 63.9 cm³/mol. The van der Waals surface area contributed by atoms with Gasteiger partial charge in [0.05, 0.1) is 6.04 Å². The summed E-state index contributed by atoms with van der Waals surface area (Å²) in [6.07, 6.45) is 5.84. The molecule has 1 aromatic rings. The molecule has 1 aromatic heterocycles. The summed E-state index contributed by atoms with van der Waals surface area (Å²) < 4.78 is 0. The van der Waals surface area contributed by atoms with Gasteiger partial charge in [-0.15, -0.1) is 23.7 Å². The number of aromatic nitrogens is 1. The molecule has 84 valence electrons. The lowest BCUT2D eigenvalue weighted by atomic mass is 10.1. The summed E-state index contributed by atoms with van der Waals surface area (Å²) in [5, 5.41) is 2.99. The maximum absolute atomic E-state index is 11.8. The van der Waals surface area contributed by atoms with Crippen LogP contribution < -0.4 is 0 Å². The van der Waals surface area contributed by atoms with E-state index in [2.05, 4.69) is 10.9 Å². The van der Waals surface area contributed by atoms with Gasteiger partial charge < -0.3 is 4.90 Å². The molecule has 0 radical (unpaired) electrons. The minimum atomic E-state index is 0.0459. The van der Waals surface area contributed by atoms with Gasteiger partial charge in [0.15, 0.2) is 0 Å². The lowest BCUT2D eigenvalue weighted by molar-refractivity contribution is -0.129. The summed E-state index contributed by atoms with van der Waals surface area (Å²) in [6, 6.07) is 0.0459. The normalized spacial score (nSPS) is 22.2. The van der Waals surface area contributed by atoms with Gasteiger partial charge in [-0.25, -0.2) is 4.98 Å². The maximum Gasteiger partial charge on any atom is 0.224 e. The molecule has 2 atom stereocenters. The smallest absolute Gasteiger partial charge is 0.224 e. The standard InChI is InChI=1S/C12H14N2OS/c1-4-10-5-11(15)14(6-10)9(3)12-13-8(2)7-16-12/h1,7,9-10H,5-6H2,2-3H3. The van der Waals surface area contributed by atoms with Crippen molar-refractivity contribution in [2.75, 3.05) is 6.54 Å². The summed E-state index contributed by atoms with van der Waals surface area (Å²) >= 11 is 1.60. The Kier molecular flexibility index (Phi) is 2.97.